The van der Waals surface area contributed by atoms with Crippen molar-refractivity contribution in [1.82, 2.24) is 89.2 Å². The summed E-state index contributed by atoms with van der Waals surface area (Å²) in [6.45, 7) is 10.7. The highest BCUT2D eigenvalue weighted by molar-refractivity contribution is 8.00. The van der Waals surface area contributed by atoms with Crippen LogP contribution in [0.15, 0.2) is 170 Å². The average Bonchev–Trinajstić information content (AvgIpc) is 1.34. The second-order valence-electron chi connectivity index (χ2n) is 36.5. The summed E-state index contributed by atoms with van der Waals surface area (Å²) >= 11 is 0.730. The van der Waals surface area contributed by atoms with Gasteiger partial charge in [-0.3, -0.25) is 86.9 Å². The van der Waals surface area contributed by atoms with Gasteiger partial charge in [0.05, 0.1) is 18.9 Å². The molecule has 1 fully saturated rings. The maximum atomic E-state index is 15.6. The number of aromatic amines is 1. The van der Waals surface area contributed by atoms with Gasteiger partial charge in [-0.05, 0) is 134 Å². The largest absolute Gasteiger partial charge is 0.508 e. The van der Waals surface area contributed by atoms with E-state index < -0.39 is 234 Å². The number of ketones is 1. The first-order chi connectivity index (χ1) is 67.6. The van der Waals surface area contributed by atoms with E-state index in [0.29, 0.717) is 45.1 Å². The van der Waals surface area contributed by atoms with E-state index >= 15 is 47.9 Å². The molecule has 40 nitrogen and oxygen atoms in total. The third-order valence-electron chi connectivity index (χ3n) is 24.0. The van der Waals surface area contributed by atoms with E-state index in [9.17, 15) is 43.8 Å². The van der Waals surface area contributed by atoms with Crippen molar-refractivity contribution in [1.29, 1.82) is 5.41 Å². The van der Waals surface area contributed by atoms with Gasteiger partial charge >= 0.3 is 0 Å². The number of Topliss-reactive ketones (excluding diaryl/α,β-unsaturated/α-hetero) is 1. The molecule has 0 bridgehead atoms. The minimum Gasteiger partial charge on any atom is -0.508 e. The van der Waals surface area contributed by atoms with Crippen molar-refractivity contribution >= 4 is 129 Å². The number of aromatic hydroxyl groups is 1. The van der Waals surface area contributed by atoms with Crippen LogP contribution in [0.4, 0.5) is 0 Å². The zero-order valence-electron chi connectivity index (χ0n) is 81.6. The number of fused-ring (bicyclic) bond motifs is 1. The van der Waals surface area contributed by atoms with Crippen LogP contribution in [0.3, 0.4) is 0 Å². The molecule has 6 aromatic carbocycles. The van der Waals surface area contributed by atoms with Gasteiger partial charge in [0.25, 0.3) is 0 Å². The molecule has 41 heteroatoms. The van der Waals surface area contributed by atoms with Gasteiger partial charge in [0.1, 0.15) is 96.1 Å². The molecular formula is C101H135N21O19S. The summed E-state index contributed by atoms with van der Waals surface area (Å²) in [5, 5.41) is 66.9. The van der Waals surface area contributed by atoms with E-state index in [1.54, 1.807) is 145 Å². The Morgan fingerprint density at radius 3 is 1.45 bits per heavy atom. The second-order valence-corrected chi connectivity index (χ2v) is 37.5. The highest BCUT2D eigenvalue weighted by Crippen LogP contribution is 2.25. The number of unbranched alkanes of at least 4 members (excludes halogenated alkanes) is 1. The van der Waals surface area contributed by atoms with Crippen molar-refractivity contribution in [2.75, 3.05) is 51.8 Å². The number of hydrogen-bond acceptors (Lipinski definition) is 22. The maximum absolute atomic E-state index is 15.6. The number of aliphatic hydroxyl groups excluding tert-OH is 1. The summed E-state index contributed by atoms with van der Waals surface area (Å²) in [4.78, 5) is 257. The molecule has 2 heterocycles. The molecule has 1 saturated heterocycles. The molecule has 0 radical (unpaired) electrons. The number of aliphatic hydroxyl groups is 1. The topological polar surface area (TPSA) is 623 Å². The van der Waals surface area contributed by atoms with Crippen LogP contribution in [-0.2, 0) is 114 Å². The van der Waals surface area contributed by atoms with E-state index in [1.165, 1.54) is 45.3 Å². The molecule has 142 heavy (non-hydrogen) atoms. The normalized spacial score (nSPS) is 22.6. The number of H-pyrrole nitrogens is 1. The van der Waals surface area contributed by atoms with Gasteiger partial charge in [0.15, 0.2) is 5.96 Å². The summed E-state index contributed by atoms with van der Waals surface area (Å²) in [6, 6.07) is 23.8. The number of amides is 16. The predicted octanol–water partition coefficient (Wildman–Crippen LogP) is 0.615. The number of thioether (sulfide) groups is 1. The number of likely N-dealkylation sites (N-methyl/N-ethyl adjacent to an activating group) is 2. The Morgan fingerprint density at radius 1 is 0.465 bits per heavy atom. The first kappa shape index (κ1) is 113. The average molecular weight is 1980 g/mol. The Balaban J connectivity index is 1.23. The molecule has 0 saturated carbocycles. The highest BCUT2D eigenvalue weighted by Gasteiger charge is 2.42. The number of guanidine groups is 1. The molecule has 0 aliphatic carbocycles. The molecule has 7 aromatic rings. The third kappa shape index (κ3) is 35.3. The molecular weight excluding hydrogens is 1840 g/mol. The first-order valence-electron chi connectivity index (χ1n) is 47.4. The molecule has 8 rings (SSSR count). The van der Waals surface area contributed by atoms with Crippen LogP contribution in [0.5, 0.6) is 5.75 Å². The number of aromatic nitrogens is 1. The Labute approximate surface area is 829 Å². The molecule has 0 unspecified atom stereocenters. The number of phenolic OH excluding ortho intramolecular Hbond substituents is 1. The molecule has 0 spiro atoms. The number of nitrogens with one attached hydrogen (secondary N) is 16. The van der Waals surface area contributed by atoms with E-state index in [2.05, 4.69) is 79.4 Å². The Hall–Kier alpha value is -14.6. The summed E-state index contributed by atoms with van der Waals surface area (Å²) in [6.07, 6.45) is -0.0620. The van der Waals surface area contributed by atoms with E-state index in [4.69, 9.17) is 22.6 Å². The number of phenols is 1. The third-order valence-corrected chi connectivity index (χ3v) is 25.1. The quantitative estimate of drug-likeness (QED) is 0.0174. The molecule has 14 atom stereocenters. The molecule has 1 aliphatic rings. The van der Waals surface area contributed by atoms with Gasteiger partial charge in [0.2, 0.25) is 94.5 Å². The zero-order chi connectivity index (χ0) is 104. The Bertz CT molecular complexity index is 5500. The van der Waals surface area contributed by atoms with Gasteiger partial charge < -0.3 is 117 Å². The standard InChI is InChI=1S/C101H135N21O19S/c1-57(2)45-74-93(134)119-86(59(5)6)98(139)117-80(54-123)95(136)118-81(87(128)108-53-83(103)126)55-142-56-84(127)109-76(47-62-25-14-11-15-26-62)90(131)114-77(49-65-37-41-69(125)42-38-65)92(133)113-75(46-60(7)124)89(130)115-79(51-68-52-107-71-32-21-20-31-70(68)71)94(135)120-85(58(3)4)97(138)116-78(48-64-35-39-67(40-36-64)66-29-18-13-19-30-66)91(132)111-73(33-22-23-43-102)100(141)121(9)61(8)99(140)122(10)82(50-63-27-16-12-17-28-63)96(137)110-72(88(129)112-74)34-24-44-106-101(104)105/h11-21,25-32,35-42,52,57-59,61,72-82,85-86,107,123,125H,22-24,33-34,43-51,53-56,102H2,1-10H3,(H2,103,126)(H,108,128)(H,109,127)(H,110,137)(H,111,132)(H,112,129)(H,113,133)(H,114,131)(H,115,130)(H,116,138)(H,117,139)(H,118,136)(H,119,134)(H,120,135)(H4,104,105,106)/t61-,72-,73-,74-,75-,76-,77-,78-,79-,80-,81-,82-,85-,86-/m0/s1. The lowest BCUT2D eigenvalue weighted by atomic mass is 9.97. The van der Waals surface area contributed by atoms with Crippen molar-refractivity contribution in [2.24, 2.45) is 35.0 Å². The van der Waals surface area contributed by atoms with Crippen molar-refractivity contribution in [3.63, 3.8) is 0 Å². The lowest BCUT2D eigenvalue weighted by Crippen LogP contribution is -2.62. The Morgan fingerprint density at radius 2 is 0.908 bits per heavy atom. The van der Waals surface area contributed by atoms with Gasteiger partial charge in [-0.25, -0.2) is 0 Å². The molecule has 16 amide bonds. The van der Waals surface area contributed by atoms with Crippen molar-refractivity contribution in [3.8, 4) is 16.9 Å². The number of rotatable bonds is 29. The predicted molar refractivity (Wildman–Crippen MR) is 535 cm³/mol. The minimum atomic E-state index is -1.88. The van der Waals surface area contributed by atoms with Crippen LogP contribution >= 0.6 is 11.8 Å². The number of carbonyl (C=O) groups excluding carboxylic acids is 17. The fourth-order valence-corrected chi connectivity index (χ4v) is 16.9. The number of carbonyl (C=O) groups is 17. The van der Waals surface area contributed by atoms with Crippen molar-refractivity contribution < 1.29 is 91.7 Å². The van der Waals surface area contributed by atoms with E-state index in [1.807, 2.05) is 42.5 Å². The number of primary amides is 1. The molecule has 1 aliphatic heterocycles. The van der Waals surface area contributed by atoms with Crippen molar-refractivity contribution in [2.45, 2.75) is 217 Å². The fourth-order valence-electron chi connectivity index (χ4n) is 16.0. The summed E-state index contributed by atoms with van der Waals surface area (Å²) in [5.74, 6) is -19.6. The highest BCUT2D eigenvalue weighted by atomic mass is 32.2. The Kier molecular flexibility index (Phi) is 44.4. The SMILES string of the molecule is CC(=O)C[C@@H]1NC(=O)[C@H](Cc2ccc(O)cc2)NC(=O)[C@H](Cc2ccccc2)NC(=O)CSC[C@@H](C(=O)NCC(N)=O)NC(=O)[C@H](CO)NC(=O)[C@H](C(C)C)NC(=O)[C@H](CC(C)C)NC(=O)[C@H](CCCNC(=N)N)NC(=O)[C@H](Cc2ccccc2)N(C)C(=O)[C@H](C)N(C)C(=O)[C@H](CCCCN)NC(=O)[C@H](Cc2ccc(-c3ccccc3)cc2)NC(=O)[C@H](C(C)C)NC(=O)[C@H](Cc2c[nH]c3ccccc23)NC1=O. The summed E-state index contributed by atoms with van der Waals surface area (Å²) in [5.41, 5.74) is 21.8. The summed E-state index contributed by atoms with van der Waals surface area (Å²) in [7, 11) is 2.66. The number of nitrogens with zero attached hydrogens (tertiary/aromatic N) is 2. The second kappa shape index (κ2) is 56.0. The van der Waals surface area contributed by atoms with Gasteiger partial charge in [-0.1, -0.05) is 187 Å². The monoisotopic (exact) mass is 1980 g/mol. The number of nitrogens with two attached hydrogens (primary N) is 3. The zero-order valence-corrected chi connectivity index (χ0v) is 82.4. The minimum absolute atomic E-state index is 0.0112. The lowest BCUT2D eigenvalue weighted by Gasteiger charge is -2.35. The van der Waals surface area contributed by atoms with Gasteiger partial charge in [-0.2, -0.15) is 0 Å². The van der Waals surface area contributed by atoms with E-state index in [-0.39, 0.29) is 89.0 Å². The smallest absolute Gasteiger partial charge is 0.245 e. The number of hydrogen-bond donors (Lipinski definition) is 21. The van der Waals surface area contributed by atoms with Crippen LogP contribution in [-0.4, -0.2) is 268 Å². The van der Waals surface area contributed by atoms with Crippen LogP contribution < -0.4 is 91.6 Å². The van der Waals surface area contributed by atoms with Crippen molar-refractivity contribution in [3.05, 3.63) is 198 Å². The summed E-state index contributed by atoms with van der Waals surface area (Å²) < 4.78 is 0. The molecule has 24 N–H and O–H groups in total. The van der Waals surface area contributed by atoms with Gasteiger partial charge in [-0.15, -0.1) is 11.8 Å². The molecule has 764 valence electrons. The lowest BCUT2D eigenvalue weighted by molar-refractivity contribution is -0.148. The van der Waals surface area contributed by atoms with Crippen LogP contribution in [0.1, 0.15) is 128 Å². The first-order valence-corrected chi connectivity index (χ1v) is 48.5. The number of benzene rings is 6. The van der Waals surface area contributed by atoms with Crippen LogP contribution in [0.25, 0.3) is 22.0 Å². The fraction of sp³-hybridized carbons (Fsp3) is 0.446. The maximum Gasteiger partial charge on any atom is 0.245 e. The van der Waals surface area contributed by atoms with Crippen LogP contribution in [0, 0.1) is 23.2 Å². The van der Waals surface area contributed by atoms with E-state index in [0.717, 1.165) is 39.6 Å². The number of para-hydroxylation sites is 1. The van der Waals surface area contributed by atoms with Gasteiger partial charge in [0, 0.05) is 82.0 Å². The molecule has 1 aromatic heterocycles. The van der Waals surface area contributed by atoms with Crippen LogP contribution in [0.2, 0.25) is 0 Å².